The van der Waals surface area contributed by atoms with Crippen molar-refractivity contribution >= 4 is 0 Å². The summed E-state index contributed by atoms with van der Waals surface area (Å²) in [6, 6.07) is 4.15. The van der Waals surface area contributed by atoms with E-state index in [-0.39, 0.29) is 5.82 Å². The second kappa shape index (κ2) is 3.96. The van der Waals surface area contributed by atoms with Crippen LogP contribution >= 0.6 is 0 Å². The van der Waals surface area contributed by atoms with Crippen molar-refractivity contribution in [1.82, 2.24) is 0 Å². The van der Waals surface area contributed by atoms with Gasteiger partial charge < -0.3 is 9.84 Å². The highest BCUT2D eigenvalue weighted by Gasteiger charge is 2.21. The molecule has 0 spiro atoms. The lowest BCUT2D eigenvalue weighted by Gasteiger charge is -2.21. The lowest BCUT2D eigenvalue weighted by molar-refractivity contribution is 0.0745. The van der Waals surface area contributed by atoms with Gasteiger partial charge in [0.15, 0.2) is 0 Å². The number of aliphatic hydroxyl groups is 1. The minimum Gasteiger partial charge on any atom is -0.493 e. The predicted octanol–water partition coefficient (Wildman–Crippen LogP) is 2.45. The van der Waals surface area contributed by atoms with Gasteiger partial charge in [-0.05, 0) is 39.0 Å². The topological polar surface area (TPSA) is 29.5 Å². The number of hydrogen-bond acceptors (Lipinski definition) is 2. The van der Waals surface area contributed by atoms with Gasteiger partial charge in [0, 0.05) is 5.56 Å². The Balaban J connectivity index is 3.16. The first-order valence-corrected chi connectivity index (χ1v) is 4.60. The molecule has 0 unspecified atom stereocenters. The van der Waals surface area contributed by atoms with E-state index in [2.05, 4.69) is 0 Å². The molecule has 0 heterocycles. The van der Waals surface area contributed by atoms with Crippen molar-refractivity contribution in [3.8, 4) is 5.75 Å². The van der Waals surface area contributed by atoms with Crippen LogP contribution in [0.25, 0.3) is 0 Å². The molecule has 0 saturated heterocycles. The van der Waals surface area contributed by atoms with E-state index in [1.807, 2.05) is 6.92 Å². The maximum Gasteiger partial charge on any atom is 0.125 e. The Bertz CT molecular complexity index is 316. The molecule has 0 saturated carbocycles. The molecule has 78 valence electrons. The molecule has 0 bridgehead atoms. The first kappa shape index (κ1) is 11.0. The van der Waals surface area contributed by atoms with E-state index >= 15 is 0 Å². The normalized spacial score (nSPS) is 11.5. The lowest BCUT2D eigenvalue weighted by atomic mass is 9.97. The van der Waals surface area contributed by atoms with Crippen LogP contribution in [0.4, 0.5) is 4.39 Å². The third-order valence-corrected chi connectivity index (χ3v) is 1.90. The Morgan fingerprint density at radius 3 is 2.57 bits per heavy atom. The number of halogens is 1. The molecule has 1 aromatic carbocycles. The molecule has 0 fully saturated rings. The van der Waals surface area contributed by atoms with Gasteiger partial charge in [-0.15, -0.1) is 0 Å². The average molecular weight is 198 g/mol. The van der Waals surface area contributed by atoms with Gasteiger partial charge in [0.25, 0.3) is 0 Å². The monoisotopic (exact) mass is 198 g/mol. The minimum atomic E-state index is -1.09. The Morgan fingerprint density at radius 2 is 2.07 bits per heavy atom. The second-order valence-electron chi connectivity index (χ2n) is 3.63. The highest BCUT2D eigenvalue weighted by atomic mass is 19.1. The summed E-state index contributed by atoms with van der Waals surface area (Å²) in [6.07, 6.45) is 0. The van der Waals surface area contributed by atoms with Crippen LogP contribution in [0.3, 0.4) is 0 Å². The molecule has 1 rings (SSSR count). The molecule has 0 atom stereocenters. The largest absolute Gasteiger partial charge is 0.493 e. The highest BCUT2D eigenvalue weighted by molar-refractivity contribution is 5.37. The molecule has 3 heteroatoms. The fourth-order valence-electron chi connectivity index (χ4n) is 1.26. The molecule has 0 radical (unpaired) electrons. The van der Waals surface area contributed by atoms with Crippen LogP contribution in [0.1, 0.15) is 26.3 Å². The van der Waals surface area contributed by atoms with Crippen molar-refractivity contribution in [1.29, 1.82) is 0 Å². The van der Waals surface area contributed by atoms with Gasteiger partial charge in [-0.1, -0.05) is 0 Å². The summed E-state index contributed by atoms with van der Waals surface area (Å²) in [6.45, 7) is 5.54. The summed E-state index contributed by atoms with van der Waals surface area (Å²) in [5.41, 5.74) is -0.619. The zero-order valence-electron chi connectivity index (χ0n) is 8.67. The van der Waals surface area contributed by atoms with Crippen molar-refractivity contribution in [3.05, 3.63) is 29.6 Å². The molecule has 0 aromatic heterocycles. The zero-order chi connectivity index (χ0) is 10.8. The van der Waals surface area contributed by atoms with E-state index in [0.717, 1.165) is 0 Å². The van der Waals surface area contributed by atoms with E-state index in [9.17, 15) is 9.50 Å². The summed E-state index contributed by atoms with van der Waals surface area (Å²) < 4.78 is 18.2. The third-order valence-electron chi connectivity index (χ3n) is 1.90. The van der Waals surface area contributed by atoms with Crippen molar-refractivity contribution in [2.75, 3.05) is 6.61 Å². The van der Waals surface area contributed by atoms with Crippen LogP contribution < -0.4 is 4.74 Å². The summed E-state index contributed by atoms with van der Waals surface area (Å²) >= 11 is 0. The Labute approximate surface area is 83.3 Å². The number of ether oxygens (including phenoxy) is 1. The van der Waals surface area contributed by atoms with E-state index in [0.29, 0.717) is 17.9 Å². The van der Waals surface area contributed by atoms with E-state index in [4.69, 9.17) is 4.74 Å². The number of hydrogen-bond donors (Lipinski definition) is 1. The molecule has 0 aliphatic rings. The molecule has 14 heavy (non-hydrogen) atoms. The van der Waals surface area contributed by atoms with Gasteiger partial charge >= 0.3 is 0 Å². The fourth-order valence-corrected chi connectivity index (χ4v) is 1.26. The maximum absolute atomic E-state index is 13.0. The second-order valence-corrected chi connectivity index (χ2v) is 3.63. The number of benzene rings is 1. The molecule has 2 nitrogen and oxygen atoms in total. The molecule has 1 aromatic rings. The van der Waals surface area contributed by atoms with Gasteiger partial charge in [0.2, 0.25) is 0 Å². The first-order valence-electron chi connectivity index (χ1n) is 4.60. The van der Waals surface area contributed by atoms with Crippen molar-refractivity contribution in [2.45, 2.75) is 26.4 Å². The Morgan fingerprint density at radius 1 is 1.43 bits per heavy atom. The van der Waals surface area contributed by atoms with Crippen LogP contribution in [0.2, 0.25) is 0 Å². The fraction of sp³-hybridized carbons (Fsp3) is 0.455. The van der Waals surface area contributed by atoms with E-state index < -0.39 is 5.60 Å². The quantitative estimate of drug-likeness (QED) is 0.808. The van der Waals surface area contributed by atoms with E-state index in [1.165, 1.54) is 18.2 Å². The van der Waals surface area contributed by atoms with E-state index in [1.54, 1.807) is 13.8 Å². The summed E-state index contributed by atoms with van der Waals surface area (Å²) in [5, 5.41) is 9.77. The number of rotatable bonds is 3. The zero-order valence-corrected chi connectivity index (χ0v) is 8.67. The van der Waals surface area contributed by atoms with Crippen LogP contribution in [-0.4, -0.2) is 11.7 Å². The lowest BCUT2D eigenvalue weighted by Crippen LogP contribution is -2.17. The first-order chi connectivity index (χ1) is 6.45. The van der Waals surface area contributed by atoms with Crippen LogP contribution in [-0.2, 0) is 5.60 Å². The van der Waals surface area contributed by atoms with Gasteiger partial charge in [-0.2, -0.15) is 0 Å². The van der Waals surface area contributed by atoms with Gasteiger partial charge in [0.05, 0.1) is 12.2 Å². The standard InChI is InChI=1S/C11H15FO2/c1-4-14-10-6-5-8(12)7-9(10)11(2,3)13/h5-7,13H,4H2,1-3H3. The molecule has 0 aliphatic heterocycles. The third kappa shape index (κ3) is 2.45. The van der Waals surface area contributed by atoms with Crippen LogP contribution in [0.15, 0.2) is 18.2 Å². The van der Waals surface area contributed by atoms with Gasteiger partial charge in [0.1, 0.15) is 11.6 Å². The molecule has 1 N–H and O–H groups in total. The smallest absolute Gasteiger partial charge is 0.125 e. The van der Waals surface area contributed by atoms with Crippen LogP contribution in [0.5, 0.6) is 5.75 Å². The van der Waals surface area contributed by atoms with Gasteiger partial charge in [-0.25, -0.2) is 4.39 Å². The highest BCUT2D eigenvalue weighted by Crippen LogP contribution is 2.30. The van der Waals surface area contributed by atoms with Crippen molar-refractivity contribution in [2.24, 2.45) is 0 Å². The Hall–Kier alpha value is -1.09. The Kier molecular flexibility index (Phi) is 3.11. The summed E-state index contributed by atoms with van der Waals surface area (Å²) in [7, 11) is 0. The maximum atomic E-state index is 13.0. The predicted molar refractivity (Wildman–Crippen MR) is 52.8 cm³/mol. The van der Waals surface area contributed by atoms with Crippen LogP contribution in [0, 0.1) is 5.82 Å². The SMILES string of the molecule is CCOc1ccc(F)cc1C(C)(C)O. The average Bonchev–Trinajstić information content (AvgIpc) is 2.07. The van der Waals surface area contributed by atoms with Gasteiger partial charge in [-0.3, -0.25) is 0 Å². The summed E-state index contributed by atoms with van der Waals surface area (Å²) in [5.74, 6) is 0.159. The van der Waals surface area contributed by atoms with Crippen molar-refractivity contribution < 1.29 is 14.2 Å². The minimum absolute atomic E-state index is 0.370. The molecule has 0 aliphatic carbocycles. The summed E-state index contributed by atoms with van der Waals surface area (Å²) in [4.78, 5) is 0. The molecule has 0 amide bonds. The molecular formula is C11H15FO2. The molecular weight excluding hydrogens is 183 g/mol. The van der Waals surface area contributed by atoms with Crippen molar-refractivity contribution in [3.63, 3.8) is 0 Å².